The molecule has 0 radical (unpaired) electrons. The molecule has 0 spiro atoms. The van der Waals surface area contributed by atoms with E-state index in [-0.39, 0.29) is 19.6 Å². The van der Waals surface area contributed by atoms with Gasteiger partial charge in [-0.3, -0.25) is 13.8 Å². The molecule has 3 unspecified atom stereocenters. The first-order valence-electron chi connectivity index (χ1n) is 24.1. The number of hydrogen-bond donors (Lipinski definition) is 3. The molecule has 0 rings (SSSR count). The highest BCUT2D eigenvalue weighted by molar-refractivity contribution is 7.47. The highest BCUT2D eigenvalue weighted by Gasteiger charge is 2.26. The van der Waals surface area contributed by atoms with Gasteiger partial charge in [-0.25, -0.2) is 4.57 Å². The van der Waals surface area contributed by atoms with Gasteiger partial charge in [-0.2, -0.15) is 0 Å². The topological polar surface area (TPSA) is 132 Å². The van der Waals surface area contributed by atoms with E-state index in [1.807, 2.05) is 0 Å². The second-order valence-corrected chi connectivity index (χ2v) is 17.6. The smallest absolute Gasteiger partial charge is 0.457 e. The van der Waals surface area contributed by atoms with Gasteiger partial charge in [0.05, 0.1) is 26.4 Å². The summed E-state index contributed by atoms with van der Waals surface area (Å²) in [5, 5.41) is 18.4. The molecule has 0 aromatic rings. The molecule has 0 aliphatic heterocycles. The maximum Gasteiger partial charge on any atom is 0.472 e. The molecule has 59 heavy (non-hydrogen) atoms. The van der Waals surface area contributed by atoms with Crippen LogP contribution in [0.5, 0.6) is 0 Å². The molecule has 0 aromatic heterocycles. The number of ether oxygens (including phenoxy) is 2. The standard InChI is InChI=1S/C49H91O9P/c1-3-5-7-9-11-13-15-17-19-21-22-23-24-25-27-29-31-33-35-37-39-41-49(52)58-48(46-57-59(53,54)56-44-47(51)43-50)45-55-42-40-38-36-34-32-30-28-26-20-18-16-14-12-10-8-6-4-2/h14-17,20-22,26,47-48,50-51H,3-13,18-19,23-25,27-46H2,1-2H3,(H,53,54)/b16-14-,17-15-,22-21-,26-20-. The van der Waals surface area contributed by atoms with Gasteiger partial charge in [0.15, 0.2) is 0 Å². The van der Waals surface area contributed by atoms with Crippen LogP contribution in [0, 0.1) is 0 Å². The number of esters is 1. The van der Waals surface area contributed by atoms with Gasteiger partial charge in [0.1, 0.15) is 12.2 Å². The molecular formula is C49H91O9P. The molecule has 0 saturated carbocycles. The van der Waals surface area contributed by atoms with Gasteiger partial charge in [-0.15, -0.1) is 0 Å². The van der Waals surface area contributed by atoms with Crippen LogP contribution in [-0.2, 0) is 27.9 Å². The Balaban J connectivity index is 4.14. The zero-order chi connectivity index (χ0) is 43.2. The van der Waals surface area contributed by atoms with E-state index in [0.29, 0.717) is 6.61 Å². The van der Waals surface area contributed by atoms with Crippen LogP contribution in [0.3, 0.4) is 0 Å². The number of carbonyl (C=O) groups excluding carboxylic acids is 1. The molecule has 0 aliphatic carbocycles. The average molecular weight is 855 g/mol. The lowest BCUT2D eigenvalue weighted by atomic mass is 10.1. The van der Waals surface area contributed by atoms with Crippen molar-refractivity contribution in [2.45, 2.75) is 225 Å². The first-order chi connectivity index (χ1) is 28.8. The summed E-state index contributed by atoms with van der Waals surface area (Å²) in [7, 11) is -4.53. The van der Waals surface area contributed by atoms with E-state index in [0.717, 1.165) is 64.2 Å². The first kappa shape index (κ1) is 57.4. The van der Waals surface area contributed by atoms with Crippen molar-refractivity contribution in [2.75, 3.05) is 33.0 Å². The number of unbranched alkanes of at least 4 members (excludes halogenated alkanes) is 24. The number of carbonyl (C=O) groups is 1. The van der Waals surface area contributed by atoms with Crippen molar-refractivity contribution in [2.24, 2.45) is 0 Å². The SMILES string of the molecule is CCCCCC/C=C\C/C=C\CCCCCCCCOCC(COP(=O)(O)OCC(O)CO)OC(=O)CCCCCCCCCCC/C=C\C/C=C\CCCCCCC. The summed E-state index contributed by atoms with van der Waals surface area (Å²) in [6, 6.07) is 0. The molecule has 0 aliphatic rings. The Morgan fingerprint density at radius 3 is 1.37 bits per heavy atom. The Hall–Kier alpha value is -1.58. The molecule has 0 aromatic carbocycles. The zero-order valence-corrected chi connectivity index (χ0v) is 38.9. The van der Waals surface area contributed by atoms with Crippen molar-refractivity contribution in [3.05, 3.63) is 48.6 Å². The summed E-state index contributed by atoms with van der Waals surface area (Å²) in [5.74, 6) is -0.390. The van der Waals surface area contributed by atoms with E-state index in [2.05, 4.69) is 62.5 Å². The lowest BCUT2D eigenvalue weighted by Gasteiger charge is -2.20. The average Bonchev–Trinajstić information content (AvgIpc) is 3.23. The molecule has 0 amide bonds. The van der Waals surface area contributed by atoms with E-state index < -0.39 is 39.2 Å². The van der Waals surface area contributed by atoms with Gasteiger partial charge < -0.3 is 24.6 Å². The molecule has 346 valence electrons. The Kier molecular flexibility index (Phi) is 44.7. The second kappa shape index (κ2) is 45.9. The third-order valence-electron chi connectivity index (χ3n) is 10.2. The van der Waals surface area contributed by atoms with E-state index in [9.17, 15) is 19.4 Å². The highest BCUT2D eigenvalue weighted by Crippen LogP contribution is 2.43. The van der Waals surface area contributed by atoms with Gasteiger partial charge in [0, 0.05) is 13.0 Å². The molecule has 3 N–H and O–H groups in total. The fraction of sp³-hybridized carbons (Fsp3) is 0.816. The second-order valence-electron chi connectivity index (χ2n) is 16.1. The van der Waals surface area contributed by atoms with Crippen LogP contribution in [0.15, 0.2) is 48.6 Å². The molecule has 0 fully saturated rings. The van der Waals surface area contributed by atoms with Gasteiger partial charge in [-0.1, -0.05) is 178 Å². The van der Waals surface area contributed by atoms with Crippen molar-refractivity contribution in [3.63, 3.8) is 0 Å². The summed E-state index contributed by atoms with van der Waals surface area (Å²) in [6.45, 7) is 3.48. The Bertz CT molecular complexity index is 1060. The largest absolute Gasteiger partial charge is 0.472 e. The minimum Gasteiger partial charge on any atom is -0.457 e. The third kappa shape index (κ3) is 45.8. The van der Waals surface area contributed by atoms with Crippen LogP contribution in [0.1, 0.15) is 213 Å². The molecule has 0 bridgehead atoms. The highest BCUT2D eigenvalue weighted by atomic mass is 31.2. The molecule has 9 nitrogen and oxygen atoms in total. The van der Waals surface area contributed by atoms with Gasteiger partial charge in [0.25, 0.3) is 0 Å². The fourth-order valence-corrected chi connectivity index (χ4v) is 7.32. The number of aliphatic hydroxyl groups excluding tert-OH is 2. The molecule has 3 atom stereocenters. The Labute approximate surface area is 362 Å². The molecular weight excluding hydrogens is 764 g/mol. The minimum absolute atomic E-state index is 0.0400. The van der Waals surface area contributed by atoms with Crippen molar-refractivity contribution < 1.29 is 43.0 Å². The predicted molar refractivity (Wildman–Crippen MR) is 247 cm³/mol. The summed E-state index contributed by atoms with van der Waals surface area (Å²) >= 11 is 0. The van der Waals surface area contributed by atoms with Crippen LogP contribution in [0.25, 0.3) is 0 Å². The first-order valence-corrected chi connectivity index (χ1v) is 25.6. The molecule has 0 saturated heterocycles. The summed E-state index contributed by atoms with van der Waals surface area (Å²) in [5.41, 5.74) is 0. The number of aliphatic hydroxyl groups is 2. The Morgan fingerprint density at radius 2 is 0.915 bits per heavy atom. The fourth-order valence-electron chi connectivity index (χ4n) is 6.53. The van der Waals surface area contributed by atoms with E-state index in [1.165, 1.54) is 128 Å². The number of allylic oxidation sites excluding steroid dienone is 8. The van der Waals surface area contributed by atoms with Crippen molar-refractivity contribution >= 4 is 13.8 Å². The maximum atomic E-state index is 12.7. The maximum absolute atomic E-state index is 12.7. The predicted octanol–water partition coefficient (Wildman–Crippen LogP) is 13.8. The van der Waals surface area contributed by atoms with Crippen LogP contribution >= 0.6 is 7.82 Å². The van der Waals surface area contributed by atoms with Gasteiger partial charge in [0.2, 0.25) is 0 Å². The number of phosphoric acid groups is 1. The van der Waals surface area contributed by atoms with E-state index in [4.69, 9.17) is 23.6 Å². The summed E-state index contributed by atoms with van der Waals surface area (Å²) in [6.07, 6.45) is 52.1. The lowest BCUT2D eigenvalue weighted by molar-refractivity contribution is -0.154. The monoisotopic (exact) mass is 855 g/mol. The van der Waals surface area contributed by atoms with Gasteiger partial charge in [-0.05, 0) is 77.0 Å². The van der Waals surface area contributed by atoms with Crippen LogP contribution in [-0.4, -0.2) is 66.3 Å². The van der Waals surface area contributed by atoms with Crippen LogP contribution in [0.4, 0.5) is 0 Å². The van der Waals surface area contributed by atoms with Crippen LogP contribution in [0.2, 0.25) is 0 Å². The number of rotatable bonds is 46. The van der Waals surface area contributed by atoms with Gasteiger partial charge >= 0.3 is 13.8 Å². The normalized spacial score (nSPS) is 14.3. The zero-order valence-electron chi connectivity index (χ0n) is 38.0. The summed E-state index contributed by atoms with van der Waals surface area (Å²) < 4.78 is 33.5. The van der Waals surface area contributed by atoms with Crippen molar-refractivity contribution in [1.29, 1.82) is 0 Å². The van der Waals surface area contributed by atoms with Crippen molar-refractivity contribution in [1.82, 2.24) is 0 Å². The number of phosphoric ester groups is 1. The Morgan fingerprint density at radius 1 is 0.525 bits per heavy atom. The molecule has 0 heterocycles. The summed E-state index contributed by atoms with van der Waals surface area (Å²) in [4.78, 5) is 22.7. The van der Waals surface area contributed by atoms with Crippen molar-refractivity contribution in [3.8, 4) is 0 Å². The number of hydrogen-bond acceptors (Lipinski definition) is 8. The molecule has 10 heteroatoms. The minimum atomic E-state index is -4.53. The lowest BCUT2D eigenvalue weighted by Crippen LogP contribution is -2.29. The third-order valence-corrected chi connectivity index (χ3v) is 11.2. The quantitative estimate of drug-likeness (QED) is 0.0237. The van der Waals surface area contributed by atoms with E-state index >= 15 is 0 Å². The van der Waals surface area contributed by atoms with E-state index in [1.54, 1.807) is 0 Å². The van der Waals surface area contributed by atoms with Crippen LogP contribution < -0.4 is 0 Å².